The maximum atomic E-state index is 12.3. The Hall–Kier alpha value is -0.810. The molecule has 2 rings (SSSR count). The fourth-order valence-corrected chi connectivity index (χ4v) is 3.53. The lowest BCUT2D eigenvalue weighted by molar-refractivity contribution is 0.00625. The molecule has 0 radical (unpaired) electrons. The van der Waals surface area contributed by atoms with Gasteiger partial charge >= 0.3 is 6.09 Å². The van der Waals surface area contributed by atoms with E-state index in [0.29, 0.717) is 18.0 Å². The smallest absolute Gasteiger partial charge is 0.410 e. The lowest BCUT2D eigenvalue weighted by Crippen LogP contribution is -2.47. The first-order valence-corrected chi connectivity index (χ1v) is 7.70. The normalized spacial score (nSPS) is 30.8. The minimum absolute atomic E-state index is 0.164. The number of amides is 1. The van der Waals surface area contributed by atoms with E-state index in [4.69, 9.17) is 9.57 Å². The first-order valence-electron chi connectivity index (χ1n) is 7.70. The maximum Gasteiger partial charge on any atom is 0.410 e. The summed E-state index contributed by atoms with van der Waals surface area (Å²) in [5.41, 5.74) is 2.67. The predicted molar refractivity (Wildman–Crippen MR) is 77.2 cm³/mol. The Morgan fingerprint density at radius 2 is 1.95 bits per heavy atom. The van der Waals surface area contributed by atoms with Gasteiger partial charge < -0.3 is 14.5 Å². The SMILES string of the molecule is CONC1CCCC1C1CCCN1C(=O)OC(C)(C)C. The van der Waals surface area contributed by atoms with Crippen LogP contribution in [0.2, 0.25) is 0 Å². The number of ether oxygens (including phenoxy) is 1. The van der Waals surface area contributed by atoms with Crippen molar-refractivity contribution in [1.29, 1.82) is 0 Å². The van der Waals surface area contributed by atoms with E-state index in [1.54, 1.807) is 7.11 Å². The van der Waals surface area contributed by atoms with E-state index in [9.17, 15) is 4.79 Å². The van der Waals surface area contributed by atoms with Crippen molar-refractivity contribution in [3.63, 3.8) is 0 Å². The molecule has 1 amide bonds. The fourth-order valence-electron chi connectivity index (χ4n) is 3.53. The summed E-state index contributed by atoms with van der Waals surface area (Å²) < 4.78 is 5.54. The summed E-state index contributed by atoms with van der Waals surface area (Å²) in [7, 11) is 1.66. The molecule has 3 unspecified atom stereocenters. The summed E-state index contributed by atoms with van der Waals surface area (Å²) in [5, 5.41) is 0. The van der Waals surface area contributed by atoms with Gasteiger partial charge in [-0.2, -0.15) is 5.48 Å². The third-order valence-corrected chi connectivity index (χ3v) is 4.26. The topological polar surface area (TPSA) is 50.8 Å². The molecule has 0 aromatic carbocycles. The lowest BCUT2D eigenvalue weighted by Gasteiger charge is -2.34. The van der Waals surface area contributed by atoms with Crippen LogP contribution in [0.5, 0.6) is 0 Å². The Morgan fingerprint density at radius 1 is 1.20 bits per heavy atom. The van der Waals surface area contributed by atoms with E-state index < -0.39 is 5.60 Å². The van der Waals surface area contributed by atoms with Crippen molar-refractivity contribution in [2.24, 2.45) is 5.92 Å². The molecule has 5 heteroatoms. The second-order valence-electron chi connectivity index (χ2n) is 6.91. The molecular weight excluding hydrogens is 256 g/mol. The van der Waals surface area contributed by atoms with E-state index in [2.05, 4.69) is 5.48 Å². The highest BCUT2D eigenvalue weighted by molar-refractivity contribution is 5.69. The number of likely N-dealkylation sites (tertiary alicyclic amines) is 1. The van der Waals surface area contributed by atoms with Gasteiger partial charge in [0.15, 0.2) is 0 Å². The molecule has 3 atom stereocenters. The Morgan fingerprint density at radius 3 is 2.60 bits per heavy atom. The summed E-state index contributed by atoms with van der Waals surface area (Å²) in [6, 6.07) is 0.646. The molecule has 1 heterocycles. The predicted octanol–water partition coefficient (Wildman–Crippen LogP) is 2.71. The number of hydrogen-bond donors (Lipinski definition) is 1. The molecule has 0 bridgehead atoms. The van der Waals surface area contributed by atoms with Crippen LogP contribution in [0.4, 0.5) is 4.79 Å². The Kier molecular flexibility index (Phi) is 4.91. The Labute approximate surface area is 121 Å². The van der Waals surface area contributed by atoms with Crippen LogP contribution in [0.3, 0.4) is 0 Å². The summed E-state index contributed by atoms with van der Waals surface area (Å²) in [6.45, 7) is 6.57. The van der Waals surface area contributed by atoms with Crippen LogP contribution >= 0.6 is 0 Å². The summed E-state index contributed by atoms with van der Waals surface area (Å²) in [6.07, 6.45) is 5.46. The van der Waals surface area contributed by atoms with Gasteiger partial charge in [0.2, 0.25) is 0 Å². The molecule has 20 heavy (non-hydrogen) atoms. The van der Waals surface area contributed by atoms with Gasteiger partial charge in [0.05, 0.1) is 7.11 Å². The molecule has 1 saturated heterocycles. The molecule has 0 spiro atoms. The molecule has 2 aliphatic rings. The molecule has 5 nitrogen and oxygen atoms in total. The Balaban J connectivity index is 2.01. The van der Waals surface area contributed by atoms with Gasteiger partial charge in [-0.3, -0.25) is 0 Å². The van der Waals surface area contributed by atoms with Crippen LogP contribution in [0.15, 0.2) is 0 Å². The number of hydroxylamine groups is 1. The summed E-state index contributed by atoms with van der Waals surface area (Å²) in [4.78, 5) is 19.4. The van der Waals surface area contributed by atoms with Gasteiger partial charge in [0.25, 0.3) is 0 Å². The number of carbonyl (C=O) groups is 1. The molecule has 0 aromatic heterocycles. The molecular formula is C15H28N2O3. The van der Waals surface area contributed by atoms with Gasteiger partial charge in [-0.05, 0) is 52.4 Å². The molecule has 2 fully saturated rings. The van der Waals surface area contributed by atoms with Crippen LogP contribution in [0.25, 0.3) is 0 Å². The molecule has 1 aliphatic carbocycles. The van der Waals surface area contributed by atoms with Crippen LogP contribution in [0, 0.1) is 5.92 Å². The largest absolute Gasteiger partial charge is 0.444 e. The molecule has 116 valence electrons. The van der Waals surface area contributed by atoms with Crippen molar-refractivity contribution >= 4 is 6.09 Å². The lowest BCUT2D eigenvalue weighted by atomic mass is 9.93. The van der Waals surface area contributed by atoms with Crippen molar-refractivity contribution in [3.05, 3.63) is 0 Å². The number of carbonyl (C=O) groups excluding carboxylic acids is 1. The first kappa shape index (κ1) is 15.6. The van der Waals surface area contributed by atoms with E-state index in [1.165, 1.54) is 6.42 Å². The second-order valence-corrected chi connectivity index (χ2v) is 6.91. The molecule has 0 aromatic rings. The second kappa shape index (κ2) is 6.31. The van der Waals surface area contributed by atoms with Gasteiger partial charge in [0.1, 0.15) is 5.60 Å². The first-order chi connectivity index (χ1) is 9.42. The van der Waals surface area contributed by atoms with Crippen molar-refractivity contribution < 1.29 is 14.4 Å². The van der Waals surface area contributed by atoms with Crippen molar-refractivity contribution in [2.75, 3.05) is 13.7 Å². The Bertz CT molecular complexity index is 341. The molecule has 1 saturated carbocycles. The number of rotatable bonds is 3. The highest BCUT2D eigenvalue weighted by atomic mass is 16.6. The third-order valence-electron chi connectivity index (χ3n) is 4.26. The number of nitrogens with one attached hydrogen (secondary N) is 1. The van der Waals surface area contributed by atoms with Crippen LogP contribution in [-0.2, 0) is 9.57 Å². The fraction of sp³-hybridized carbons (Fsp3) is 0.933. The van der Waals surface area contributed by atoms with Gasteiger partial charge in [-0.25, -0.2) is 4.79 Å². The zero-order valence-corrected chi connectivity index (χ0v) is 13.1. The minimum atomic E-state index is -0.427. The maximum absolute atomic E-state index is 12.3. The quantitative estimate of drug-likeness (QED) is 0.810. The van der Waals surface area contributed by atoms with Crippen molar-refractivity contribution in [1.82, 2.24) is 10.4 Å². The van der Waals surface area contributed by atoms with E-state index in [0.717, 1.165) is 32.2 Å². The van der Waals surface area contributed by atoms with Crippen LogP contribution in [0.1, 0.15) is 52.9 Å². The van der Waals surface area contributed by atoms with E-state index in [-0.39, 0.29) is 6.09 Å². The number of hydrogen-bond acceptors (Lipinski definition) is 4. The average Bonchev–Trinajstić information content (AvgIpc) is 2.93. The van der Waals surface area contributed by atoms with Crippen molar-refractivity contribution in [2.45, 2.75) is 70.6 Å². The van der Waals surface area contributed by atoms with E-state index in [1.807, 2.05) is 25.7 Å². The average molecular weight is 284 g/mol. The van der Waals surface area contributed by atoms with Crippen LogP contribution < -0.4 is 5.48 Å². The highest BCUT2D eigenvalue weighted by Gasteiger charge is 2.42. The molecule has 1 N–H and O–H groups in total. The van der Waals surface area contributed by atoms with Gasteiger partial charge in [-0.1, -0.05) is 6.42 Å². The standard InChI is InChI=1S/C15H28N2O3/c1-15(2,3)20-14(18)17-10-6-9-13(17)11-7-5-8-12(11)16-19-4/h11-13,16H,5-10H2,1-4H3. The zero-order chi connectivity index (χ0) is 14.8. The van der Waals surface area contributed by atoms with Crippen molar-refractivity contribution in [3.8, 4) is 0 Å². The number of nitrogens with zero attached hydrogens (tertiary/aromatic N) is 1. The van der Waals surface area contributed by atoms with Crippen LogP contribution in [-0.4, -0.2) is 42.3 Å². The monoisotopic (exact) mass is 284 g/mol. The van der Waals surface area contributed by atoms with Gasteiger partial charge in [0, 0.05) is 18.6 Å². The van der Waals surface area contributed by atoms with Gasteiger partial charge in [-0.15, -0.1) is 0 Å². The summed E-state index contributed by atoms with van der Waals surface area (Å²) >= 11 is 0. The molecule has 1 aliphatic heterocycles. The zero-order valence-electron chi connectivity index (χ0n) is 13.1. The minimum Gasteiger partial charge on any atom is -0.444 e. The summed E-state index contributed by atoms with van der Waals surface area (Å²) in [5.74, 6) is 0.477. The van der Waals surface area contributed by atoms with E-state index >= 15 is 0 Å². The highest BCUT2D eigenvalue weighted by Crippen LogP contribution is 2.36. The third kappa shape index (κ3) is 3.64.